The lowest BCUT2D eigenvalue weighted by atomic mass is 9.92. The Morgan fingerprint density at radius 1 is 1.39 bits per heavy atom. The molecule has 1 unspecified atom stereocenters. The third-order valence-corrected chi connectivity index (χ3v) is 5.81. The maximum absolute atomic E-state index is 12.0. The van der Waals surface area contributed by atoms with Gasteiger partial charge in [-0.25, -0.2) is 9.78 Å². The molecule has 6 nitrogen and oxygen atoms in total. The average Bonchev–Trinajstić information content (AvgIpc) is 2.97. The van der Waals surface area contributed by atoms with Crippen molar-refractivity contribution in [2.75, 3.05) is 18.8 Å². The largest absolute Gasteiger partial charge is 0.490 e. The van der Waals surface area contributed by atoms with Crippen molar-refractivity contribution >= 4 is 23.6 Å². The molecule has 2 saturated heterocycles. The summed E-state index contributed by atoms with van der Waals surface area (Å²) in [6.07, 6.45) is -1.44. The molecule has 0 saturated carbocycles. The van der Waals surface area contributed by atoms with Crippen LogP contribution >= 0.6 is 11.8 Å². The van der Waals surface area contributed by atoms with Crippen LogP contribution in [0.2, 0.25) is 0 Å². The molecule has 0 radical (unpaired) electrons. The maximum atomic E-state index is 12.0. The molecule has 1 spiro atoms. The second-order valence-corrected chi connectivity index (χ2v) is 8.74. The van der Waals surface area contributed by atoms with Gasteiger partial charge >= 0.3 is 12.1 Å². The molecule has 2 aliphatic rings. The fourth-order valence-electron chi connectivity index (χ4n) is 2.99. The predicted octanol–water partition coefficient (Wildman–Crippen LogP) is 3.23. The zero-order chi connectivity index (χ0) is 20.9. The second kappa shape index (κ2) is 9.02. The zero-order valence-electron chi connectivity index (χ0n) is 15.6. The van der Waals surface area contributed by atoms with Gasteiger partial charge in [0.2, 0.25) is 11.8 Å². The first-order chi connectivity index (χ1) is 13.0. The summed E-state index contributed by atoms with van der Waals surface area (Å²) in [6.45, 7) is 5.94. The first-order valence-corrected chi connectivity index (χ1v) is 9.79. The Morgan fingerprint density at radius 3 is 2.54 bits per heavy atom. The van der Waals surface area contributed by atoms with Crippen molar-refractivity contribution in [2.24, 2.45) is 5.92 Å². The number of ether oxygens (including phenoxy) is 1. The number of rotatable bonds is 4. The van der Waals surface area contributed by atoms with E-state index >= 15 is 0 Å². The number of likely N-dealkylation sites (tertiary alicyclic amines) is 1. The Labute approximate surface area is 165 Å². The van der Waals surface area contributed by atoms with Gasteiger partial charge in [-0.05, 0) is 12.0 Å². The number of carboxylic acids is 1. The Hall–Kier alpha value is -1.97. The summed E-state index contributed by atoms with van der Waals surface area (Å²) in [5.74, 6) is -0.335. The van der Waals surface area contributed by atoms with Crippen molar-refractivity contribution < 1.29 is 32.6 Å². The van der Waals surface area contributed by atoms with Crippen molar-refractivity contribution in [1.82, 2.24) is 9.88 Å². The molecule has 1 aromatic heterocycles. The molecule has 0 bridgehead atoms. The molecule has 156 valence electrons. The molecule has 0 aliphatic carbocycles. The van der Waals surface area contributed by atoms with E-state index in [0.717, 1.165) is 25.3 Å². The molecule has 1 amide bonds. The van der Waals surface area contributed by atoms with Gasteiger partial charge in [0.25, 0.3) is 0 Å². The van der Waals surface area contributed by atoms with Gasteiger partial charge in [0.05, 0.1) is 4.75 Å². The van der Waals surface area contributed by atoms with Crippen LogP contribution in [0.15, 0.2) is 24.4 Å². The smallest absolute Gasteiger partial charge is 0.475 e. The fourth-order valence-corrected chi connectivity index (χ4v) is 4.51. The van der Waals surface area contributed by atoms with E-state index in [4.69, 9.17) is 14.6 Å². The van der Waals surface area contributed by atoms with Gasteiger partial charge in [-0.2, -0.15) is 13.2 Å². The number of thioether (sulfide) groups is 1. The second-order valence-electron chi connectivity index (χ2n) is 7.26. The highest BCUT2D eigenvalue weighted by atomic mass is 32.2. The normalized spacial score (nSPS) is 20.4. The van der Waals surface area contributed by atoms with Crippen LogP contribution in [-0.2, 0) is 9.59 Å². The quantitative estimate of drug-likeness (QED) is 0.806. The number of aromatic nitrogens is 1. The van der Waals surface area contributed by atoms with Crippen LogP contribution in [0.3, 0.4) is 0 Å². The summed E-state index contributed by atoms with van der Waals surface area (Å²) in [7, 11) is 0. The van der Waals surface area contributed by atoms with Crippen molar-refractivity contribution in [2.45, 2.75) is 43.7 Å². The van der Waals surface area contributed by atoms with Crippen molar-refractivity contribution in [1.29, 1.82) is 0 Å². The van der Waals surface area contributed by atoms with Gasteiger partial charge in [-0.15, -0.1) is 11.8 Å². The lowest BCUT2D eigenvalue weighted by molar-refractivity contribution is -0.192. The maximum Gasteiger partial charge on any atom is 0.490 e. The molecule has 0 aromatic carbocycles. The number of carboxylic acid groups (broad SMARTS) is 1. The number of amides is 1. The Kier molecular flexibility index (Phi) is 7.19. The van der Waals surface area contributed by atoms with Crippen LogP contribution in [0.1, 0.15) is 26.7 Å². The lowest BCUT2D eigenvalue weighted by Crippen LogP contribution is -2.61. The summed E-state index contributed by atoms with van der Waals surface area (Å²) < 4.78 is 37.9. The molecule has 1 aromatic rings. The standard InChI is InChI=1S/C16H22N2O2S.C2HF3O2/c1-12(2)7-15(19)18-10-16(11-18)8-13(9-21-16)20-14-5-3-4-6-17-14;3-2(4,5)1(6)7/h3-6,12-13H,7-11H2,1-2H3;(H,6,7). The number of carbonyl (C=O) groups is 2. The topological polar surface area (TPSA) is 79.7 Å². The van der Waals surface area contributed by atoms with E-state index in [-0.39, 0.29) is 10.9 Å². The van der Waals surface area contributed by atoms with E-state index in [1.165, 1.54) is 0 Å². The summed E-state index contributed by atoms with van der Waals surface area (Å²) >= 11 is 1.95. The molecular weight excluding hydrogens is 397 g/mol. The van der Waals surface area contributed by atoms with E-state index in [0.29, 0.717) is 24.1 Å². The molecule has 1 atom stereocenters. The van der Waals surface area contributed by atoms with Gasteiger partial charge in [0.1, 0.15) is 6.10 Å². The number of halogens is 3. The highest BCUT2D eigenvalue weighted by Crippen LogP contribution is 2.46. The lowest BCUT2D eigenvalue weighted by Gasteiger charge is -2.47. The van der Waals surface area contributed by atoms with Crippen LogP contribution in [0.25, 0.3) is 0 Å². The summed E-state index contributed by atoms with van der Waals surface area (Å²) in [6, 6.07) is 5.73. The van der Waals surface area contributed by atoms with E-state index in [2.05, 4.69) is 18.8 Å². The van der Waals surface area contributed by atoms with Gasteiger partial charge in [-0.3, -0.25) is 4.79 Å². The molecule has 3 rings (SSSR count). The number of alkyl halides is 3. The third kappa shape index (κ3) is 6.29. The summed E-state index contributed by atoms with van der Waals surface area (Å²) in [5, 5.41) is 7.12. The number of nitrogens with zero attached hydrogens (tertiary/aromatic N) is 2. The van der Waals surface area contributed by atoms with Gasteiger partial charge in [0.15, 0.2) is 0 Å². The van der Waals surface area contributed by atoms with E-state index in [9.17, 15) is 18.0 Å². The third-order valence-electron chi connectivity index (χ3n) is 4.24. The van der Waals surface area contributed by atoms with E-state index in [1.54, 1.807) is 6.20 Å². The molecule has 2 fully saturated rings. The van der Waals surface area contributed by atoms with Crippen molar-refractivity contribution in [3.05, 3.63) is 24.4 Å². The number of hydrogen-bond acceptors (Lipinski definition) is 5. The molecule has 3 heterocycles. The highest BCUT2D eigenvalue weighted by molar-refractivity contribution is 8.01. The highest BCUT2D eigenvalue weighted by Gasteiger charge is 2.51. The molecule has 1 N–H and O–H groups in total. The molecule has 28 heavy (non-hydrogen) atoms. The fraction of sp³-hybridized carbons (Fsp3) is 0.611. The number of hydrogen-bond donors (Lipinski definition) is 1. The van der Waals surface area contributed by atoms with Gasteiger partial charge in [0, 0.05) is 43.9 Å². The van der Waals surface area contributed by atoms with Crippen LogP contribution in [0.4, 0.5) is 13.2 Å². The predicted molar refractivity (Wildman–Crippen MR) is 98.2 cm³/mol. The van der Waals surface area contributed by atoms with Crippen LogP contribution in [0, 0.1) is 5.92 Å². The average molecular weight is 420 g/mol. The first-order valence-electron chi connectivity index (χ1n) is 8.80. The minimum absolute atomic E-state index is 0.215. The van der Waals surface area contributed by atoms with Crippen LogP contribution in [-0.4, -0.2) is 62.7 Å². The van der Waals surface area contributed by atoms with Crippen molar-refractivity contribution in [3.63, 3.8) is 0 Å². The minimum atomic E-state index is -5.08. The molecule has 2 aliphatic heterocycles. The van der Waals surface area contributed by atoms with Crippen LogP contribution < -0.4 is 4.74 Å². The molecule has 10 heteroatoms. The summed E-state index contributed by atoms with van der Waals surface area (Å²) in [4.78, 5) is 27.1. The van der Waals surface area contributed by atoms with E-state index < -0.39 is 12.1 Å². The van der Waals surface area contributed by atoms with Gasteiger partial charge < -0.3 is 14.7 Å². The SMILES string of the molecule is CC(C)CC(=O)N1CC2(CC(Oc3ccccn3)CS2)C1.O=C(O)C(F)(F)F. The number of carbonyl (C=O) groups excluding carboxylic acids is 1. The first kappa shape index (κ1) is 22.3. The Balaban J connectivity index is 0.000000345. The van der Waals surface area contributed by atoms with Gasteiger partial charge in [-0.1, -0.05) is 19.9 Å². The Morgan fingerprint density at radius 2 is 2.04 bits per heavy atom. The summed E-state index contributed by atoms with van der Waals surface area (Å²) in [5.41, 5.74) is 0. The Bertz CT molecular complexity index is 679. The zero-order valence-corrected chi connectivity index (χ0v) is 16.4. The monoisotopic (exact) mass is 420 g/mol. The number of pyridine rings is 1. The number of aliphatic carboxylic acids is 1. The molecular formula is C18H23F3N2O4S. The van der Waals surface area contributed by atoms with Crippen LogP contribution in [0.5, 0.6) is 5.88 Å². The minimum Gasteiger partial charge on any atom is -0.475 e. The van der Waals surface area contributed by atoms with E-state index in [1.807, 2.05) is 34.9 Å². The van der Waals surface area contributed by atoms with Crippen molar-refractivity contribution in [3.8, 4) is 5.88 Å².